The first-order chi connectivity index (χ1) is 8.83. The Labute approximate surface area is 124 Å². The van der Waals surface area contributed by atoms with Crippen LogP contribution in [0.2, 0.25) is 0 Å². The molecular weight excluding hydrogens is 304 g/mol. The van der Waals surface area contributed by atoms with E-state index in [1.807, 2.05) is 32.0 Å². The van der Waals surface area contributed by atoms with Gasteiger partial charge in [-0.25, -0.2) is 0 Å². The minimum Gasteiger partial charge on any atom is -0.492 e. The van der Waals surface area contributed by atoms with Gasteiger partial charge < -0.3 is 10.5 Å². The van der Waals surface area contributed by atoms with Gasteiger partial charge in [0.25, 0.3) is 0 Å². The summed E-state index contributed by atoms with van der Waals surface area (Å²) in [6, 6.07) is 6.08. The van der Waals surface area contributed by atoms with Gasteiger partial charge in [0, 0.05) is 5.41 Å². The first-order valence-corrected chi connectivity index (χ1v) is 7.36. The molecule has 0 fully saturated rings. The topological polar surface area (TPSA) is 59.1 Å². The van der Waals surface area contributed by atoms with Gasteiger partial charge in [-0.2, -0.15) is 0 Å². The summed E-state index contributed by atoms with van der Waals surface area (Å²) >= 11 is 3.50. The van der Waals surface area contributed by atoms with E-state index in [4.69, 9.17) is 15.9 Å². The van der Waals surface area contributed by atoms with Crippen LogP contribution in [0.5, 0.6) is 5.75 Å². The van der Waals surface area contributed by atoms with Crippen molar-refractivity contribution < 1.29 is 4.74 Å². The van der Waals surface area contributed by atoms with Crippen molar-refractivity contribution in [2.24, 2.45) is 11.1 Å². The molecular formula is C15H23BrN2O. The Kier molecular flexibility index (Phi) is 5.85. The molecule has 1 aromatic carbocycles. The van der Waals surface area contributed by atoms with Gasteiger partial charge in [-0.05, 0) is 59.8 Å². The predicted molar refractivity (Wildman–Crippen MR) is 83.9 cm³/mol. The van der Waals surface area contributed by atoms with E-state index in [0.717, 1.165) is 29.5 Å². The average molecular weight is 327 g/mol. The molecule has 0 bridgehead atoms. The molecule has 0 aromatic heterocycles. The van der Waals surface area contributed by atoms with Gasteiger partial charge in [0.15, 0.2) is 0 Å². The molecule has 0 atom stereocenters. The molecule has 3 N–H and O–H groups in total. The lowest BCUT2D eigenvalue weighted by Gasteiger charge is -2.22. The maximum absolute atomic E-state index is 7.50. The lowest BCUT2D eigenvalue weighted by Crippen LogP contribution is -2.30. The zero-order chi connectivity index (χ0) is 14.5. The van der Waals surface area contributed by atoms with E-state index < -0.39 is 0 Å². The first-order valence-electron chi connectivity index (χ1n) is 6.56. The van der Waals surface area contributed by atoms with E-state index >= 15 is 0 Å². The Morgan fingerprint density at radius 2 is 2.05 bits per heavy atom. The van der Waals surface area contributed by atoms with Gasteiger partial charge in [-0.1, -0.05) is 19.9 Å². The molecule has 106 valence electrons. The molecule has 0 unspecified atom stereocenters. The summed E-state index contributed by atoms with van der Waals surface area (Å²) in [5.41, 5.74) is 6.56. The van der Waals surface area contributed by atoms with E-state index in [1.54, 1.807) is 0 Å². The largest absolute Gasteiger partial charge is 0.492 e. The monoisotopic (exact) mass is 326 g/mol. The number of unbranched alkanes of at least 4 members (excludes halogenated alkanes) is 1. The Morgan fingerprint density at radius 1 is 1.37 bits per heavy atom. The summed E-state index contributed by atoms with van der Waals surface area (Å²) < 4.78 is 6.73. The molecule has 0 saturated heterocycles. The van der Waals surface area contributed by atoms with Crippen molar-refractivity contribution in [3.05, 3.63) is 28.2 Å². The van der Waals surface area contributed by atoms with Gasteiger partial charge >= 0.3 is 0 Å². The molecule has 0 spiro atoms. The molecule has 19 heavy (non-hydrogen) atoms. The quantitative estimate of drug-likeness (QED) is 0.446. The normalized spacial score (nSPS) is 11.4. The van der Waals surface area contributed by atoms with E-state index in [0.29, 0.717) is 6.61 Å². The number of nitrogens with one attached hydrogen (secondary N) is 1. The zero-order valence-corrected chi connectivity index (χ0v) is 13.5. The molecule has 1 aromatic rings. The van der Waals surface area contributed by atoms with Crippen LogP contribution in [-0.2, 0) is 0 Å². The minimum absolute atomic E-state index is 0.204. The molecule has 0 saturated carbocycles. The van der Waals surface area contributed by atoms with Crippen molar-refractivity contribution in [3.63, 3.8) is 0 Å². The summed E-state index contributed by atoms with van der Waals surface area (Å²) in [6.45, 7) is 6.76. The Bertz CT molecular complexity index is 444. The SMILES string of the molecule is Cc1ccc(OCCCCC(C)(C)C(=N)N)c(Br)c1. The van der Waals surface area contributed by atoms with Crippen LogP contribution in [0.1, 0.15) is 38.7 Å². The molecule has 3 nitrogen and oxygen atoms in total. The average Bonchev–Trinajstić information content (AvgIpc) is 2.31. The second-order valence-corrected chi connectivity index (χ2v) is 6.39. The third-order valence-electron chi connectivity index (χ3n) is 3.27. The van der Waals surface area contributed by atoms with Gasteiger partial charge in [-0.15, -0.1) is 0 Å². The van der Waals surface area contributed by atoms with Crippen LogP contribution >= 0.6 is 15.9 Å². The van der Waals surface area contributed by atoms with E-state index in [9.17, 15) is 0 Å². The van der Waals surface area contributed by atoms with Crippen molar-refractivity contribution >= 4 is 21.8 Å². The molecule has 0 aliphatic carbocycles. The van der Waals surface area contributed by atoms with Crippen molar-refractivity contribution in [3.8, 4) is 5.75 Å². The molecule has 0 heterocycles. The van der Waals surface area contributed by atoms with Crippen molar-refractivity contribution in [2.45, 2.75) is 40.0 Å². The fraction of sp³-hybridized carbons (Fsp3) is 0.533. The van der Waals surface area contributed by atoms with Crippen LogP contribution in [0.3, 0.4) is 0 Å². The van der Waals surface area contributed by atoms with Gasteiger partial charge in [0.1, 0.15) is 5.75 Å². The van der Waals surface area contributed by atoms with Crippen LogP contribution < -0.4 is 10.5 Å². The highest BCUT2D eigenvalue weighted by Gasteiger charge is 2.20. The maximum atomic E-state index is 7.50. The number of ether oxygens (including phenoxy) is 1. The summed E-state index contributed by atoms with van der Waals surface area (Å²) in [6.07, 6.45) is 2.90. The molecule has 0 aliphatic rings. The van der Waals surface area contributed by atoms with Crippen LogP contribution in [-0.4, -0.2) is 12.4 Å². The lowest BCUT2D eigenvalue weighted by molar-refractivity contribution is 0.294. The Hall–Kier alpha value is -1.03. The lowest BCUT2D eigenvalue weighted by atomic mass is 9.86. The molecule has 0 aliphatic heterocycles. The minimum atomic E-state index is -0.204. The molecule has 1 rings (SSSR count). The second kappa shape index (κ2) is 6.94. The zero-order valence-electron chi connectivity index (χ0n) is 11.9. The Morgan fingerprint density at radius 3 is 2.63 bits per heavy atom. The van der Waals surface area contributed by atoms with Gasteiger partial charge in [0.2, 0.25) is 0 Å². The number of amidine groups is 1. The first kappa shape index (κ1) is 16.0. The van der Waals surface area contributed by atoms with Crippen molar-refractivity contribution in [2.75, 3.05) is 6.61 Å². The van der Waals surface area contributed by atoms with E-state index in [1.165, 1.54) is 5.56 Å². The smallest absolute Gasteiger partial charge is 0.133 e. The summed E-state index contributed by atoms with van der Waals surface area (Å²) in [4.78, 5) is 0. The highest BCUT2D eigenvalue weighted by atomic mass is 79.9. The number of hydrogen-bond donors (Lipinski definition) is 2. The van der Waals surface area contributed by atoms with Gasteiger partial charge in [0.05, 0.1) is 16.9 Å². The predicted octanol–water partition coefficient (Wildman–Crippen LogP) is 4.27. The number of aryl methyl sites for hydroxylation is 1. The van der Waals surface area contributed by atoms with E-state index in [2.05, 4.69) is 22.9 Å². The van der Waals surface area contributed by atoms with Crippen molar-refractivity contribution in [1.82, 2.24) is 0 Å². The third kappa shape index (κ3) is 5.23. The van der Waals surface area contributed by atoms with Crippen LogP contribution in [0.15, 0.2) is 22.7 Å². The standard InChI is InChI=1S/C15H23BrN2O/c1-11-6-7-13(12(16)10-11)19-9-5-4-8-15(2,3)14(17)18/h6-7,10H,4-5,8-9H2,1-3H3,(H3,17,18). The van der Waals surface area contributed by atoms with Crippen LogP contribution in [0.4, 0.5) is 0 Å². The number of nitrogens with two attached hydrogens (primary N) is 1. The summed E-state index contributed by atoms with van der Waals surface area (Å²) in [5, 5.41) is 7.50. The molecule has 4 heteroatoms. The number of rotatable bonds is 7. The number of hydrogen-bond acceptors (Lipinski definition) is 2. The molecule has 0 radical (unpaired) electrons. The highest BCUT2D eigenvalue weighted by molar-refractivity contribution is 9.10. The van der Waals surface area contributed by atoms with Crippen LogP contribution in [0.25, 0.3) is 0 Å². The maximum Gasteiger partial charge on any atom is 0.133 e. The number of halogens is 1. The fourth-order valence-corrected chi connectivity index (χ4v) is 2.32. The van der Waals surface area contributed by atoms with E-state index in [-0.39, 0.29) is 11.3 Å². The van der Waals surface area contributed by atoms with Crippen LogP contribution in [0, 0.1) is 17.7 Å². The van der Waals surface area contributed by atoms with Gasteiger partial charge in [-0.3, -0.25) is 5.41 Å². The second-order valence-electron chi connectivity index (χ2n) is 5.54. The number of benzene rings is 1. The Balaban J connectivity index is 2.30. The summed E-state index contributed by atoms with van der Waals surface area (Å²) in [5.74, 6) is 1.14. The fourth-order valence-electron chi connectivity index (χ4n) is 1.71. The highest BCUT2D eigenvalue weighted by Crippen LogP contribution is 2.26. The van der Waals surface area contributed by atoms with Crippen molar-refractivity contribution in [1.29, 1.82) is 5.41 Å². The summed E-state index contributed by atoms with van der Waals surface area (Å²) in [7, 11) is 0. The third-order valence-corrected chi connectivity index (χ3v) is 3.89. The molecule has 0 amide bonds.